The molecule has 2 aliphatic rings. The van der Waals surface area contributed by atoms with Crippen LogP contribution in [0.15, 0.2) is 66.7 Å². The number of hydrogen-bond acceptors (Lipinski definition) is 1. The quantitative estimate of drug-likeness (QED) is 0.309. The molecule has 2 aliphatic carbocycles. The van der Waals surface area contributed by atoms with E-state index >= 15 is 0 Å². The largest absolute Gasteiger partial charge is 3.00 e. The third-order valence-corrected chi connectivity index (χ3v) is 5.99. The minimum absolute atomic E-state index is 0. The first-order valence-electron chi connectivity index (χ1n) is 10.1. The van der Waals surface area contributed by atoms with Gasteiger partial charge < -0.3 is 29.9 Å². The number of halogens is 2. The van der Waals surface area contributed by atoms with E-state index in [1.54, 1.807) is 0 Å². The van der Waals surface area contributed by atoms with Gasteiger partial charge in [0.25, 0.3) is 0 Å². The van der Waals surface area contributed by atoms with Gasteiger partial charge >= 0.3 is 26.2 Å². The first kappa shape index (κ1) is 25.8. The van der Waals surface area contributed by atoms with Crippen molar-refractivity contribution in [3.63, 3.8) is 0 Å². The third-order valence-electron chi connectivity index (χ3n) is 5.99. The maximum Gasteiger partial charge on any atom is 3.00 e. The SMILES string of the molecule is CC=c1ccc2c(c1C1C=C(CCCO)c3ccccc31)[C-]=c1ccccc1=2.[Cl-].[Cl-].[Zr+3]. The van der Waals surface area contributed by atoms with Crippen molar-refractivity contribution < 1.29 is 56.1 Å². The number of aliphatic hydroxyl groups excluding tert-OH is 1. The van der Waals surface area contributed by atoms with Gasteiger partial charge in [-0.05, 0) is 36.5 Å². The van der Waals surface area contributed by atoms with Gasteiger partial charge in [0, 0.05) is 12.5 Å². The molecule has 1 atom stereocenters. The first-order chi connectivity index (χ1) is 13.8. The number of rotatable bonds is 4. The van der Waals surface area contributed by atoms with Crippen LogP contribution >= 0.6 is 0 Å². The molecular weight excluding hydrogens is 502 g/mol. The Morgan fingerprint density at radius 3 is 2.45 bits per heavy atom. The van der Waals surface area contributed by atoms with Crippen molar-refractivity contribution in [2.75, 3.05) is 6.61 Å². The zero-order valence-electron chi connectivity index (χ0n) is 17.3. The van der Waals surface area contributed by atoms with E-state index in [2.05, 4.69) is 85.8 Å². The fourth-order valence-electron chi connectivity index (χ4n) is 4.71. The summed E-state index contributed by atoms with van der Waals surface area (Å²) in [5.41, 5.74) is 6.63. The maximum atomic E-state index is 9.32. The molecule has 0 bridgehead atoms. The van der Waals surface area contributed by atoms with E-state index in [0.717, 1.165) is 12.8 Å². The summed E-state index contributed by atoms with van der Waals surface area (Å²) in [7, 11) is 0. The molecule has 1 radical (unpaired) electrons. The van der Waals surface area contributed by atoms with E-state index in [1.807, 2.05) is 0 Å². The van der Waals surface area contributed by atoms with Crippen LogP contribution in [-0.2, 0) is 26.2 Å². The molecule has 0 heterocycles. The number of fused-ring (bicyclic) bond motifs is 3. The Morgan fingerprint density at radius 1 is 0.935 bits per heavy atom. The molecule has 5 rings (SSSR count). The molecule has 0 spiro atoms. The van der Waals surface area contributed by atoms with Crippen LogP contribution in [0.4, 0.5) is 0 Å². The van der Waals surface area contributed by atoms with Crippen LogP contribution in [-0.4, -0.2) is 11.7 Å². The van der Waals surface area contributed by atoms with E-state index < -0.39 is 0 Å². The standard InChI is InChI=1S/C27H23O.2ClH.Zr/c1-2-18-13-14-24-22-10-4-3-8-19(22)16-26(24)27(18)25-17-20(9-7-15-28)21-11-5-6-12-23(21)25;;;/h2-6,8,10-14,17,25,28H,7,9,15H2,1H3;2*1H;/q-1;;;+3/p-2. The molecular formula is C27H23Cl2OZr. The van der Waals surface area contributed by atoms with E-state index in [-0.39, 0.29) is 63.5 Å². The van der Waals surface area contributed by atoms with Gasteiger partial charge in [0.2, 0.25) is 0 Å². The Labute approximate surface area is 214 Å². The van der Waals surface area contributed by atoms with Crippen molar-refractivity contribution >= 4 is 17.7 Å². The first-order valence-corrected chi connectivity index (χ1v) is 10.1. The molecule has 1 unspecified atom stereocenters. The van der Waals surface area contributed by atoms with Gasteiger partial charge in [-0.3, -0.25) is 0 Å². The maximum absolute atomic E-state index is 9.32. The number of benzene rings is 3. The van der Waals surface area contributed by atoms with Gasteiger partial charge in [-0.25, -0.2) is 0 Å². The normalized spacial score (nSPS) is 15.4. The third kappa shape index (κ3) is 4.42. The molecule has 0 saturated carbocycles. The predicted octanol–water partition coefficient (Wildman–Crippen LogP) is -1.90. The Balaban J connectivity index is 0.00000114. The van der Waals surface area contributed by atoms with Crippen LogP contribution in [0.25, 0.3) is 17.7 Å². The number of aliphatic hydroxyl groups is 1. The van der Waals surface area contributed by atoms with Gasteiger partial charge in [0.05, 0.1) is 0 Å². The summed E-state index contributed by atoms with van der Waals surface area (Å²) in [6.07, 6.45) is 10.0. The molecule has 4 heteroatoms. The van der Waals surface area contributed by atoms with Crippen molar-refractivity contribution in [2.24, 2.45) is 0 Å². The molecule has 0 amide bonds. The Hall–Kier alpha value is -1.44. The van der Waals surface area contributed by atoms with E-state index in [9.17, 15) is 5.11 Å². The van der Waals surface area contributed by atoms with Crippen molar-refractivity contribution in [3.8, 4) is 0 Å². The minimum Gasteiger partial charge on any atom is -1.00 e. The monoisotopic (exact) mass is 523 g/mol. The van der Waals surface area contributed by atoms with Crippen LogP contribution in [0, 0.1) is 10.4 Å². The zero-order valence-corrected chi connectivity index (χ0v) is 21.3. The van der Waals surface area contributed by atoms with Gasteiger partial charge in [-0.1, -0.05) is 77.5 Å². The summed E-state index contributed by atoms with van der Waals surface area (Å²) < 4.78 is 0. The van der Waals surface area contributed by atoms with E-state index in [1.165, 1.54) is 48.7 Å². The molecule has 155 valence electrons. The Kier molecular flexibility index (Phi) is 9.10. The topological polar surface area (TPSA) is 20.2 Å². The average Bonchev–Trinajstić information content (AvgIpc) is 3.30. The van der Waals surface area contributed by atoms with Crippen molar-refractivity contribution in [3.05, 3.63) is 110 Å². The van der Waals surface area contributed by atoms with Crippen LogP contribution < -0.4 is 35.3 Å². The minimum atomic E-state index is 0. The Morgan fingerprint density at radius 2 is 1.68 bits per heavy atom. The summed E-state index contributed by atoms with van der Waals surface area (Å²) in [6, 6.07) is 21.7. The van der Waals surface area contributed by atoms with Crippen molar-refractivity contribution in [1.29, 1.82) is 0 Å². The Bertz CT molecular complexity index is 1330. The summed E-state index contributed by atoms with van der Waals surface area (Å²) in [4.78, 5) is 0. The van der Waals surface area contributed by atoms with Crippen LogP contribution in [0.3, 0.4) is 0 Å². The van der Waals surface area contributed by atoms with Crippen molar-refractivity contribution in [1.82, 2.24) is 0 Å². The van der Waals surface area contributed by atoms with Gasteiger partial charge in [-0.15, -0.1) is 33.4 Å². The van der Waals surface area contributed by atoms with Crippen LogP contribution in [0.2, 0.25) is 0 Å². The second-order valence-corrected chi connectivity index (χ2v) is 7.53. The molecule has 0 aliphatic heterocycles. The van der Waals surface area contributed by atoms with Crippen molar-refractivity contribution in [2.45, 2.75) is 25.7 Å². The summed E-state index contributed by atoms with van der Waals surface area (Å²) >= 11 is 0. The van der Waals surface area contributed by atoms with Crippen LogP contribution in [0.5, 0.6) is 0 Å². The second-order valence-electron chi connectivity index (χ2n) is 7.53. The number of allylic oxidation sites excluding steroid dienone is 2. The number of hydrogen-bond donors (Lipinski definition) is 1. The fraction of sp³-hybridized carbons (Fsp3) is 0.185. The van der Waals surface area contributed by atoms with Gasteiger partial charge in [0.15, 0.2) is 0 Å². The zero-order chi connectivity index (χ0) is 19.1. The molecule has 3 aromatic carbocycles. The molecule has 1 nitrogen and oxygen atoms in total. The van der Waals surface area contributed by atoms with E-state index in [0.29, 0.717) is 0 Å². The molecule has 0 fully saturated rings. The van der Waals surface area contributed by atoms with E-state index in [4.69, 9.17) is 0 Å². The summed E-state index contributed by atoms with van der Waals surface area (Å²) in [5, 5.41) is 14.3. The predicted molar refractivity (Wildman–Crippen MR) is 115 cm³/mol. The van der Waals surface area contributed by atoms with Gasteiger partial charge in [0.1, 0.15) is 0 Å². The van der Waals surface area contributed by atoms with Gasteiger partial charge in [-0.2, -0.15) is 0 Å². The molecule has 1 N–H and O–H groups in total. The van der Waals surface area contributed by atoms with Crippen LogP contribution in [0.1, 0.15) is 47.9 Å². The summed E-state index contributed by atoms with van der Waals surface area (Å²) in [5.74, 6) is 0.229. The molecule has 31 heavy (non-hydrogen) atoms. The summed E-state index contributed by atoms with van der Waals surface area (Å²) in [6.45, 7) is 2.35. The molecule has 0 saturated heterocycles. The molecule has 3 aromatic rings. The fourth-order valence-corrected chi connectivity index (χ4v) is 4.71. The second kappa shape index (κ2) is 10.9. The molecule has 0 aromatic heterocycles. The smallest absolute Gasteiger partial charge is 1.00 e. The average molecular weight is 526 g/mol.